The van der Waals surface area contributed by atoms with E-state index in [1.807, 2.05) is 0 Å². The van der Waals surface area contributed by atoms with Crippen LogP contribution in [0.5, 0.6) is 5.75 Å². The number of rotatable bonds is 2. The first-order chi connectivity index (χ1) is 5.66. The molecule has 0 aliphatic rings. The quantitative estimate of drug-likeness (QED) is 0.627. The van der Waals surface area contributed by atoms with Gasteiger partial charge in [0.1, 0.15) is 11.6 Å². The van der Waals surface area contributed by atoms with Crippen molar-refractivity contribution in [1.82, 2.24) is 0 Å². The molecule has 0 aliphatic carbocycles. The Morgan fingerprint density at radius 3 is 2.75 bits per heavy atom. The predicted molar refractivity (Wildman–Crippen MR) is 46.2 cm³/mol. The van der Waals surface area contributed by atoms with Crippen molar-refractivity contribution < 1.29 is 14.3 Å². The monoisotopic (exact) mass is 232 g/mol. The zero-order chi connectivity index (χ0) is 9.14. The first kappa shape index (κ1) is 9.19. The lowest BCUT2D eigenvalue weighted by molar-refractivity contribution is 0.101. The summed E-state index contributed by atoms with van der Waals surface area (Å²) in [5.74, 6) is -1.48. The van der Waals surface area contributed by atoms with Crippen molar-refractivity contribution in [2.24, 2.45) is 0 Å². The van der Waals surface area contributed by atoms with Gasteiger partial charge in [0.2, 0.25) is 0 Å². The first-order valence-corrected chi connectivity index (χ1v) is 4.35. The van der Waals surface area contributed by atoms with Crippen molar-refractivity contribution in [2.45, 2.75) is 0 Å². The molecule has 0 bridgehead atoms. The maximum absolute atomic E-state index is 12.9. The lowest BCUT2D eigenvalue weighted by atomic mass is 10.1. The molecule has 1 aromatic carbocycles. The van der Waals surface area contributed by atoms with Gasteiger partial charge in [-0.25, -0.2) is 4.39 Å². The minimum Gasteiger partial charge on any atom is -0.507 e. The lowest BCUT2D eigenvalue weighted by Gasteiger charge is -2.01. The van der Waals surface area contributed by atoms with E-state index in [0.29, 0.717) is 0 Å². The summed E-state index contributed by atoms with van der Waals surface area (Å²) in [6.45, 7) is 0. The van der Waals surface area contributed by atoms with E-state index in [-0.39, 0.29) is 16.6 Å². The van der Waals surface area contributed by atoms with Crippen molar-refractivity contribution in [3.8, 4) is 5.75 Å². The Kier molecular flexibility index (Phi) is 2.81. The van der Waals surface area contributed by atoms with E-state index >= 15 is 0 Å². The number of carbonyl (C=O) groups is 1. The number of ketones is 1. The molecule has 0 aromatic heterocycles. The Hall–Kier alpha value is -0.900. The van der Waals surface area contributed by atoms with Crippen molar-refractivity contribution in [1.29, 1.82) is 0 Å². The van der Waals surface area contributed by atoms with Crippen molar-refractivity contribution >= 4 is 21.7 Å². The Labute approximate surface area is 77.2 Å². The standard InChI is InChI=1S/C8H6BrFO2/c9-4-7(12)8-5(10)2-1-3-6(8)11/h1-3,11H,4H2. The molecule has 2 nitrogen and oxygen atoms in total. The number of alkyl halides is 1. The molecule has 64 valence electrons. The Bertz CT molecular complexity index is 292. The third-order valence-corrected chi connectivity index (χ3v) is 1.90. The first-order valence-electron chi connectivity index (χ1n) is 3.23. The highest BCUT2D eigenvalue weighted by Crippen LogP contribution is 2.20. The zero-order valence-corrected chi connectivity index (χ0v) is 7.64. The van der Waals surface area contributed by atoms with Gasteiger partial charge in [-0.1, -0.05) is 22.0 Å². The predicted octanol–water partition coefficient (Wildman–Crippen LogP) is 2.11. The minimum atomic E-state index is -0.695. The molecule has 1 N–H and O–H groups in total. The van der Waals surface area contributed by atoms with Gasteiger partial charge in [0.15, 0.2) is 5.78 Å². The molecule has 12 heavy (non-hydrogen) atoms. The molecule has 0 unspecified atom stereocenters. The maximum Gasteiger partial charge on any atom is 0.180 e. The van der Waals surface area contributed by atoms with Crippen LogP contribution in [-0.4, -0.2) is 16.2 Å². The molecule has 0 saturated carbocycles. The van der Waals surface area contributed by atoms with Gasteiger partial charge >= 0.3 is 0 Å². The van der Waals surface area contributed by atoms with Gasteiger partial charge in [0.05, 0.1) is 10.9 Å². The molecular weight excluding hydrogens is 227 g/mol. The van der Waals surface area contributed by atoms with Gasteiger partial charge in [-0.2, -0.15) is 0 Å². The molecule has 1 rings (SSSR count). The van der Waals surface area contributed by atoms with E-state index in [1.54, 1.807) is 0 Å². The summed E-state index contributed by atoms with van der Waals surface area (Å²) in [7, 11) is 0. The van der Waals surface area contributed by atoms with Gasteiger partial charge in [-0.3, -0.25) is 4.79 Å². The summed E-state index contributed by atoms with van der Waals surface area (Å²) in [5.41, 5.74) is -0.255. The van der Waals surface area contributed by atoms with Gasteiger partial charge in [0, 0.05) is 0 Å². The van der Waals surface area contributed by atoms with Crippen LogP contribution in [0.4, 0.5) is 4.39 Å². The van der Waals surface area contributed by atoms with E-state index in [0.717, 1.165) is 6.07 Å². The van der Waals surface area contributed by atoms with E-state index < -0.39 is 11.6 Å². The van der Waals surface area contributed by atoms with Crippen molar-refractivity contribution in [3.05, 3.63) is 29.6 Å². The summed E-state index contributed by atoms with van der Waals surface area (Å²) in [5, 5.41) is 9.11. The van der Waals surface area contributed by atoms with Crippen LogP contribution in [0, 0.1) is 5.82 Å². The summed E-state index contributed by atoms with van der Waals surface area (Å²) >= 11 is 2.89. The number of aromatic hydroxyl groups is 1. The second-order valence-electron chi connectivity index (χ2n) is 2.19. The average Bonchev–Trinajstić information content (AvgIpc) is 2.03. The van der Waals surface area contributed by atoms with E-state index in [1.165, 1.54) is 12.1 Å². The fraction of sp³-hybridized carbons (Fsp3) is 0.125. The van der Waals surface area contributed by atoms with E-state index in [2.05, 4.69) is 15.9 Å². The normalized spacial score (nSPS) is 9.83. The fourth-order valence-corrected chi connectivity index (χ4v) is 1.14. The summed E-state index contributed by atoms with van der Waals surface area (Å²) in [6, 6.07) is 3.75. The minimum absolute atomic E-state index is 0.00148. The third-order valence-electron chi connectivity index (χ3n) is 1.39. The van der Waals surface area contributed by atoms with Gasteiger partial charge < -0.3 is 5.11 Å². The van der Waals surface area contributed by atoms with Crippen molar-refractivity contribution in [2.75, 3.05) is 5.33 Å². The molecule has 0 amide bonds. The Morgan fingerprint density at radius 2 is 2.25 bits per heavy atom. The highest BCUT2D eigenvalue weighted by atomic mass is 79.9. The summed E-state index contributed by atoms with van der Waals surface area (Å²) in [4.78, 5) is 11.0. The fourth-order valence-electron chi connectivity index (χ4n) is 0.856. The van der Waals surface area contributed by atoms with Crippen LogP contribution in [0.25, 0.3) is 0 Å². The van der Waals surface area contributed by atoms with Crippen molar-refractivity contribution in [3.63, 3.8) is 0 Å². The maximum atomic E-state index is 12.9. The second-order valence-corrected chi connectivity index (χ2v) is 2.75. The highest BCUT2D eigenvalue weighted by Gasteiger charge is 2.14. The topological polar surface area (TPSA) is 37.3 Å². The van der Waals surface area contributed by atoms with Crippen LogP contribution in [0.3, 0.4) is 0 Å². The zero-order valence-electron chi connectivity index (χ0n) is 6.05. The van der Waals surface area contributed by atoms with Crippen LogP contribution in [0.1, 0.15) is 10.4 Å². The summed E-state index contributed by atoms with van der Waals surface area (Å²) in [6.07, 6.45) is 0. The van der Waals surface area contributed by atoms with Gasteiger partial charge in [-0.15, -0.1) is 0 Å². The number of phenols is 1. The van der Waals surface area contributed by atoms with Crippen LogP contribution in [-0.2, 0) is 0 Å². The average molecular weight is 233 g/mol. The Morgan fingerprint density at radius 1 is 1.58 bits per heavy atom. The van der Waals surface area contributed by atoms with Gasteiger partial charge in [0.25, 0.3) is 0 Å². The number of Topliss-reactive ketones (excluding diaryl/α,β-unsaturated/α-hetero) is 1. The highest BCUT2D eigenvalue weighted by molar-refractivity contribution is 9.09. The molecule has 0 fully saturated rings. The molecule has 0 saturated heterocycles. The molecule has 0 atom stereocenters. The van der Waals surface area contributed by atoms with Crippen LogP contribution < -0.4 is 0 Å². The molecule has 0 spiro atoms. The molecule has 0 aliphatic heterocycles. The molecule has 0 radical (unpaired) electrons. The number of carbonyl (C=O) groups excluding carboxylic acids is 1. The smallest absolute Gasteiger partial charge is 0.180 e. The molecule has 1 aromatic rings. The lowest BCUT2D eigenvalue weighted by Crippen LogP contribution is -2.03. The SMILES string of the molecule is O=C(CBr)c1c(O)cccc1F. The second kappa shape index (κ2) is 3.67. The van der Waals surface area contributed by atoms with Crippen LogP contribution in [0.2, 0.25) is 0 Å². The van der Waals surface area contributed by atoms with E-state index in [4.69, 9.17) is 5.11 Å². The molecule has 0 heterocycles. The van der Waals surface area contributed by atoms with Crippen LogP contribution >= 0.6 is 15.9 Å². The number of benzene rings is 1. The largest absolute Gasteiger partial charge is 0.507 e. The van der Waals surface area contributed by atoms with Gasteiger partial charge in [-0.05, 0) is 12.1 Å². The third kappa shape index (κ3) is 1.64. The Balaban J connectivity index is 3.21. The number of phenolic OH excluding ortho intramolecular Hbond substituents is 1. The summed E-state index contributed by atoms with van der Waals surface area (Å²) < 4.78 is 12.9. The molecule has 4 heteroatoms. The van der Waals surface area contributed by atoms with Crippen LogP contribution in [0.15, 0.2) is 18.2 Å². The number of hydrogen-bond acceptors (Lipinski definition) is 2. The van der Waals surface area contributed by atoms with E-state index in [9.17, 15) is 9.18 Å². The molecular formula is C8H6BrFO2. The number of halogens is 2. The number of hydrogen-bond donors (Lipinski definition) is 1.